The highest BCUT2D eigenvalue weighted by Gasteiger charge is 2.03. The first-order chi connectivity index (χ1) is 8.69. The van der Waals surface area contributed by atoms with Crippen LogP contribution in [0.4, 0.5) is 4.39 Å². The molecule has 0 unspecified atom stereocenters. The Morgan fingerprint density at radius 3 is 2.94 bits per heavy atom. The maximum absolute atomic E-state index is 13.1. The normalized spacial score (nSPS) is 10.8. The van der Waals surface area contributed by atoms with Crippen molar-refractivity contribution in [2.75, 3.05) is 0 Å². The topological polar surface area (TPSA) is 24.9 Å². The van der Waals surface area contributed by atoms with Crippen molar-refractivity contribution in [2.45, 2.75) is 26.4 Å². The van der Waals surface area contributed by atoms with Crippen LogP contribution >= 0.6 is 27.3 Å². The predicted octanol–water partition coefficient (Wildman–Crippen LogP) is 3.90. The lowest BCUT2D eigenvalue weighted by Gasteiger charge is -2.05. The summed E-state index contributed by atoms with van der Waals surface area (Å²) >= 11 is 5.09. The minimum Gasteiger partial charge on any atom is -0.307 e. The van der Waals surface area contributed by atoms with Gasteiger partial charge in [-0.2, -0.15) is 0 Å². The first-order valence-corrected chi connectivity index (χ1v) is 7.44. The van der Waals surface area contributed by atoms with E-state index in [1.54, 1.807) is 17.4 Å². The summed E-state index contributed by atoms with van der Waals surface area (Å²) in [5, 5.41) is 6.48. The van der Waals surface area contributed by atoms with Gasteiger partial charge in [-0.25, -0.2) is 9.37 Å². The lowest BCUT2D eigenvalue weighted by Crippen LogP contribution is -2.13. The summed E-state index contributed by atoms with van der Waals surface area (Å²) in [6, 6.07) is 4.71. The van der Waals surface area contributed by atoms with Crippen LogP contribution in [0.5, 0.6) is 0 Å². The van der Waals surface area contributed by atoms with Gasteiger partial charge in [0.1, 0.15) is 5.82 Å². The number of benzene rings is 1. The van der Waals surface area contributed by atoms with Crippen LogP contribution in [0.15, 0.2) is 28.1 Å². The molecule has 0 saturated carbocycles. The zero-order chi connectivity index (χ0) is 13.0. The van der Waals surface area contributed by atoms with Gasteiger partial charge in [-0.15, -0.1) is 11.3 Å². The standard InChI is InChI=1S/C13H14BrFN2S/c1-2-13-17-11(8-18-13)7-16-6-9-5-10(15)3-4-12(9)14/h3-5,8,16H,2,6-7H2,1H3. The third kappa shape index (κ3) is 3.60. The van der Waals surface area contributed by atoms with Gasteiger partial charge in [0.15, 0.2) is 0 Å². The number of nitrogens with zero attached hydrogens (tertiary/aromatic N) is 1. The first kappa shape index (κ1) is 13.6. The fraction of sp³-hybridized carbons (Fsp3) is 0.308. The van der Waals surface area contributed by atoms with Crippen LogP contribution in [0, 0.1) is 5.82 Å². The Hall–Kier alpha value is -0.780. The zero-order valence-corrected chi connectivity index (χ0v) is 12.4. The van der Waals surface area contributed by atoms with E-state index in [1.165, 1.54) is 12.1 Å². The zero-order valence-electron chi connectivity index (χ0n) is 10.0. The number of aromatic nitrogens is 1. The molecule has 0 aliphatic rings. The Balaban J connectivity index is 1.90. The number of hydrogen-bond donors (Lipinski definition) is 1. The van der Waals surface area contributed by atoms with Crippen molar-refractivity contribution < 1.29 is 4.39 Å². The molecule has 1 heterocycles. The van der Waals surface area contributed by atoms with Crippen LogP contribution in [-0.4, -0.2) is 4.98 Å². The van der Waals surface area contributed by atoms with Crippen LogP contribution in [-0.2, 0) is 19.5 Å². The molecule has 1 aromatic carbocycles. The molecule has 18 heavy (non-hydrogen) atoms. The van der Waals surface area contributed by atoms with Crippen LogP contribution in [0.2, 0.25) is 0 Å². The highest BCUT2D eigenvalue weighted by atomic mass is 79.9. The van der Waals surface area contributed by atoms with Crippen molar-refractivity contribution in [3.63, 3.8) is 0 Å². The summed E-state index contributed by atoms with van der Waals surface area (Å²) in [6.45, 7) is 3.43. The second-order valence-electron chi connectivity index (χ2n) is 3.93. The maximum atomic E-state index is 13.1. The van der Waals surface area contributed by atoms with E-state index in [0.29, 0.717) is 13.1 Å². The van der Waals surface area contributed by atoms with E-state index in [2.05, 4.69) is 38.5 Å². The third-order valence-electron chi connectivity index (χ3n) is 2.53. The van der Waals surface area contributed by atoms with Crippen LogP contribution in [0.3, 0.4) is 0 Å². The minimum absolute atomic E-state index is 0.211. The minimum atomic E-state index is -0.211. The Morgan fingerprint density at radius 2 is 2.22 bits per heavy atom. The van der Waals surface area contributed by atoms with Gasteiger partial charge in [0.05, 0.1) is 10.7 Å². The van der Waals surface area contributed by atoms with Crippen molar-refractivity contribution >= 4 is 27.3 Å². The highest BCUT2D eigenvalue weighted by molar-refractivity contribution is 9.10. The Labute approximate surface area is 118 Å². The first-order valence-electron chi connectivity index (χ1n) is 5.77. The molecule has 0 bridgehead atoms. The van der Waals surface area contributed by atoms with Gasteiger partial charge in [0.2, 0.25) is 0 Å². The van der Waals surface area contributed by atoms with Crippen molar-refractivity contribution in [3.8, 4) is 0 Å². The molecule has 0 fully saturated rings. The average Bonchev–Trinajstić information content (AvgIpc) is 2.81. The summed E-state index contributed by atoms with van der Waals surface area (Å²) in [4.78, 5) is 4.47. The lowest BCUT2D eigenvalue weighted by atomic mass is 10.2. The van der Waals surface area contributed by atoms with E-state index in [-0.39, 0.29) is 5.82 Å². The summed E-state index contributed by atoms with van der Waals surface area (Å²) in [7, 11) is 0. The molecule has 2 rings (SSSR count). The molecule has 0 atom stereocenters. The maximum Gasteiger partial charge on any atom is 0.123 e. The molecule has 0 amide bonds. The molecule has 0 saturated heterocycles. The summed E-state index contributed by atoms with van der Waals surface area (Å²) < 4.78 is 14.0. The van der Waals surface area contributed by atoms with E-state index in [1.807, 2.05) is 0 Å². The number of aryl methyl sites for hydroxylation is 1. The van der Waals surface area contributed by atoms with Gasteiger partial charge < -0.3 is 5.32 Å². The number of nitrogens with one attached hydrogen (secondary N) is 1. The third-order valence-corrected chi connectivity index (χ3v) is 4.35. The molecule has 2 nitrogen and oxygen atoms in total. The number of rotatable bonds is 5. The number of hydrogen-bond acceptors (Lipinski definition) is 3. The molecule has 0 spiro atoms. The van der Waals surface area contributed by atoms with Crippen molar-refractivity contribution in [3.05, 3.63) is 50.1 Å². The van der Waals surface area contributed by atoms with Gasteiger partial charge in [-0.3, -0.25) is 0 Å². The molecule has 0 radical (unpaired) electrons. The fourth-order valence-corrected chi connectivity index (χ4v) is 2.73. The smallest absolute Gasteiger partial charge is 0.123 e. The Bertz CT molecular complexity index is 527. The summed E-state index contributed by atoms with van der Waals surface area (Å²) in [6.07, 6.45) is 0.972. The Morgan fingerprint density at radius 1 is 1.39 bits per heavy atom. The number of halogens is 2. The second kappa shape index (κ2) is 6.41. The van der Waals surface area contributed by atoms with Gasteiger partial charge in [0, 0.05) is 22.9 Å². The van der Waals surface area contributed by atoms with Crippen molar-refractivity contribution in [1.82, 2.24) is 10.3 Å². The van der Waals surface area contributed by atoms with Crippen molar-refractivity contribution in [1.29, 1.82) is 0 Å². The predicted molar refractivity (Wildman–Crippen MR) is 76.1 cm³/mol. The van der Waals surface area contributed by atoms with Crippen LogP contribution < -0.4 is 5.32 Å². The molecule has 96 valence electrons. The van der Waals surface area contributed by atoms with Crippen LogP contribution in [0.25, 0.3) is 0 Å². The molecule has 1 N–H and O–H groups in total. The molecule has 2 aromatic rings. The van der Waals surface area contributed by atoms with E-state index in [4.69, 9.17) is 0 Å². The molecule has 0 aliphatic carbocycles. The molecular weight excluding hydrogens is 315 g/mol. The average molecular weight is 329 g/mol. The molecule has 1 aromatic heterocycles. The largest absolute Gasteiger partial charge is 0.307 e. The van der Waals surface area contributed by atoms with Crippen LogP contribution in [0.1, 0.15) is 23.2 Å². The van der Waals surface area contributed by atoms with E-state index >= 15 is 0 Å². The fourth-order valence-electron chi connectivity index (χ4n) is 1.60. The highest BCUT2D eigenvalue weighted by Crippen LogP contribution is 2.17. The van der Waals surface area contributed by atoms with Gasteiger partial charge in [0.25, 0.3) is 0 Å². The van der Waals surface area contributed by atoms with Gasteiger partial charge in [-0.1, -0.05) is 22.9 Å². The lowest BCUT2D eigenvalue weighted by molar-refractivity contribution is 0.618. The summed E-state index contributed by atoms with van der Waals surface area (Å²) in [5.74, 6) is -0.211. The van der Waals surface area contributed by atoms with E-state index < -0.39 is 0 Å². The summed E-state index contributed by atoms with van der Waals surface area (Å²) in [5.41, 5.74) is 1.96. The van der Waals surface area contributed by atoms with Gasteiger partial charge >= 0.3 is 0 Å². The van der Waals surface area contributed by atoms with E-state index in [9.17, 15) is 4.39 Å². The van der Waals surface area contributed by atoms with Crippen molar-refractivity contribution in [2.24, 2.45) is 0 Å². The van der Waals surface area contributed by atoms with E-state index in [0.717, 1.165) is 27.2 Å². The molecule has 0 aliphatic heterocycles. The monoisotopic (exact) mass is 328 g/mol. The second-order valence-corrected chi connectivity index (χ2v) is 5.72. The SMILES string of the molecule is CCc1nc(CNCc2cc(F)ccc2Br)cs1. The van der Waals surface area contributed by atoms with Gasteiger partial charge in [-0.05, 0) is 30.2 Å². The quantitative estimate of drug-likeness (QED) is 0.900. The molecule has 5 heteroatoms. The molecular formula is C13H14BrFN2S. The number of thiazole rings is 1. The Kier molecular flexibility index (Phi) is 4.86.